The largest absolute Gasteiger partial charge is 0.479 e. The number of carbonyl (C=O) groups is 5. The van der Waals surface area contributed by atoms with Crippen molar-refractivity contribution in [2.24, 2.45) is 17.8 Å². The fourth-order valence-corrected chi connectivity index (χ4v) is 6.82. The van der Waals surface area contributed by atoms with Crippen LogP contribution in [0.15, 0.2) is 54.6 Å². The van der Waals surface area contributed by atoms with Gasteiger partial charge >= 0.3 is 29.8 Å². The lowest BCUT2D eigenvalue weighted by Crippen LogP contribution is -2.78. The van der Waals surface area contributed by atoms with E-state index in [4.69, 9.17) is 28.4 Å². The number of methoxy groups -OCH3 is 2. The van der Waals surface area contributed by atoms with Gasteiger partial charge in [0.25, 0.3) is 5.60 Å². The van der Waals surface area contributed by atoms with Crippen LogP contribution in [0.5, 0.6) is 0 Å². The molecule has 0 amide bonds. The summed E-state index contributed by atoms with van der Waals surface area (Å²) in [4.78, 5) is 65.0. The maximum atomic E-state index is 13.7. The van der Waals surface area contributed by atoms with Crippen molar-refractivity contribution in [1.82, 2.24) is 0 Å². The zero-order chi connectivity index (χ0) is 38.3. The molecule has 0 spiro atoms. The number of carboxylic acid groups (broad SMARTS) is 1. The SMILES string of the molecule is C=C(CC[C@]12O[C@H](C(=O)OC)[C@@](O)(C(=O)O)[C@](C(=O)OC)(O1)[C@H](OC(=O)/C=C/[C@@H](C)C[C@@H](C)CC)[C@H]2O)[C@@H](OC(C)=O)[C@H](C)Cc1ccccc1. The first kappa shape index (κ1) is 41.3. The smallest absolute Gasteiger partial charge is 0.346 e. The molecule has 0 unspecified atom stereocenters. The second-order valence-electron chi connectivity index (χ2n) is 13.5. The Bertz CT molecular complexity index is 1470. The Labute approximate surface area is 297 Å². The quantitative estimate of drug-likeness (QED) is 0.0918. The van der Waals surface area contributed by atoms with Crippen molar-refractivity contribution < 1.29 is 67.7 Å². The van der Waals surface area contributed by atoms with Gasteiger partial charge in [0, 0.05) is 25.3 Å². The molecule has 51 heavy (non-hydrogen) atoms. The number of fused-ring (bicyclic) bond motifs is 2. The highest BCUT2D eigenvalue weighted by molar-refractivity contribution is 5.99. The maximum absolute atomic E-state index is 13.7. The molecule has 2 aliphatic rings. The zero-order valence-electron chi connectivity index (χ0n) is 30.2. The highest BCUT2D eigenvalue weighted by atomic mass is 16.8. The van der Waals surface area contributed by atoms with E-state index in [9.17, 15) is 39.3 Å². The van der Waals surface area contributed by atoms with Gasteiger partial charge in [-0.15, -0.1) is 0 Å². The third-order valence-electron chi connectivity index (χ3n) is 9.65. The van der Waals surface area contributed by atoms with Crippen LogP contribution in [-0.2, 0) is 58.8 Å². The summed E-state index contributed by atoms with van der Waals surface area (Å²) in [6, 6.07) is 9.42. The number of carbonyl (C=O) groups excluding carboxylic acids is 4. The molecule has 2 fully saturated rings. The molecule has 14 nitrogen and oxygen atoms in total. The first-order valence-electron chi connectivity index (χ1n) is 16.9. The van der Waals surface area contributed by atoms with E-state index < -0.39 is 77.7 Å². The Balaban J connectivity index is 2.08. The van der Waals surface area contributed by atoms with Gasteiger partial charge in [-0.1, -0.05) is 77.1 Å². The van der Waals surface area contributed by atoms with Crippen LogP contribution in [0.25, 0.3) is 0 Å². The molecule has 3 rings (SSSR count). The lowest BCUT2D eigenvalue weighted by Gasteiger charge is -2.49. The molecule has 2 aliphatic heterocycles. The number of hydrogen-bond donors (Lipinski definition) is 3. The predicted octanol–water partition coefficient (Wildman–Crippen LogP) is 3.06. The van der Waals surface area contributed by atoms with Crippen LogP contribution in [0.3, 0.4) is 0 Å². The van der Waals surface area contributed by atoms with Crippen molar-refractivity contribution in [3.8, 4) is 0 Å². The van der Waals surface area contributed by atoms with Gasteiger partial charge in [0.1, 0.15) is 12.2 Å². The van der Waals surface area contributed by atoms with Crippen molar-refractivity contribution in [2.45, 2.75) is 108 Å². The Hall–Kier alpha value is -4.11. The number of aliphatic carboxylic acids is 1. The van der Waals surface area contributed by atoms with Crippen LogP contribution >= 0.6 is 0 Å². The first-order valence-corrected chi connectivity index (χ1v) is 16.9. The van der Waals surface area contributed by atoms with Crippen molar-refractivity contribution in [3.05, 3.63) is 60.2 Å². The van der Waals surface area contributed by atoms with E-state index in [0.29, 0.717) is 17.9 Å². The molecule has 0 aromatic heterocycles. The molecule has 1 aromatic rings. The van der Waals surface area contributed by atoms with Crippen LogP contribution in [0.2, 0.25) is 0 Å². The molecule has 0 aliphatic carbocycles. The lowest BCUT2D eigenvalue weighted by molar-refractivity contribution is -0.374. The Morgan fingerprint density at radius 1 is 1.06 bits per heavy atom. The monoisotopic (exact) mass is 718 g/mol. The van der Waals surface area contributed by atoms with E-state index in [-0.39, 0.29) is 18.3 Å². The molecule has 1 aromatic carbocycles. The number of esters is 4. The highest BCUT2D eigenvalue weighted by Crippen LogP contribution is 2.56. The third kappa shape index (κ3) is 8.35. The minimum absolute atomic E-state index is 0.0826. The van der Waals surface area contributed by atoms with Gasteiger partial charge in [-0.05, 0) is 42.2 Å². The van der Waals surface area contributed by atoms with Gasteiger partial charge in [0.2, 0.25) is 17.5 Å². The number of benzene rings is 1. The van der Waals surface area contributed by atoms with E-state index in [0.717, 1.165) is 38.7 Å². The molecule has 0 saturated carbocycles. The van der Waals surface area contributed by atoms with E-state index in [2.05, 4.69) is 6.58 Å². The summed E-state index contributed by atoms with van der Waals surface area (Å²) in [5.41, 5.74) is -5.61. The number of ether oxygens (including phenoxy) is 6. The second-order valence-corrected chi connectivity index (χ2v) is 13.5. The standard InChI is InChI=1S/C37H50O14/c1-9-21(2)19-22(3)15-16-27(39)49-30-29(40)35(18-17-23(4)28(48-25(6)38)24(5)20-26-13-11-10-12-14-26)50-31(32(41)46-7)36(45,33(42)43)37(30,51-35)34(44)47-8/h10-16,21-22,24,28-31,40,45H,4,9,17-20H2,1-3,5-8H3,(H,42,43)/b16-15+/t21-,22+,24+,28+,29+,30+,31+,35-,36+,37-/m0/s1. The molecule has 14 heteroatoms. The number of hydrogen-bond acceptors (Lipinski definition) is 13. The number of allylic oxidation sites excluding steroid dienone is 1. The summed E-state index contributed by atoms with van der Waals surface area (Å²) in [7, 11) is 1.74. The van der Waals surface area contributed by atoms with Crippen LogP contribution in [0.1, 0.15) is 65.9 Å². The minimum atomic E-state index is -3.64. The molecule has 3 N–H and O–H groups in total. The van der Waals surface area contributed by atoms with Crippen molar-refractivity contribution >= 4 is 29.8 Å². The molecule has 2 bridgehead atoms. The Kier molecular flexibility index (Phi) is 13.7. The summed E-state index contributed by atoms with van der Waals surface area (Å²) < 4.78 is 32.6. The minimum Gasteiger partial charge on any atom is -0.479 e. The zero-order valence-corrected chi connectivity index (χ0v) is 30.2. The number of rotatable bonds is 17. The Morgan fingerprint density at radius 2 is 1.71 bits per heavy atom. The lowest BCUT2D eigenvalue weighted by atomic mass is 9.74. The molecule has 282 valence electrons. The van der Waals surface area contributed by atoms with Gasteiger partial charge < -0.3 is 43.7 Å². The fraction of sp³-hybridized carbons (Fsp3) is 0.595. The van der Waals surface area contributed by atoms with Crippen LogP contribution in [0.4, 0.5) is 0 Å². The topological polar surface area (TPSA) is 201 Å². The molecular formula is C37H50O14. The summed E-state index contributed by atoms with van der Waals surface area (Å²) in [6.07, 6.45) is -3.70. The number of aliphatic hydroxyl groups excluding tert-OH is 1. The van der Waals surface area contributed by atoms with Crippen LogP contribution in [-0.4, -0.2) is 101 Å². The molecule has 2 saturated heterocycles. The summed E-state index contributed by atoms with van der Waals surface area (Å²) in [5, 5.41) is 34.1. The first-order chi connectivity index (χ1) is 23.9. The second kappa shape index (κ2) is 16.9. The van der Waals surface area contributed by atoms with E-state index >= 15 is 0 Å². The summed E-state index contributed by atoms with van der Waals surface area (Å²) in [6.45, 7) is 13.1. The van der Waals surface area contributed by atoms with Gasteiger partial charge in [-0.3, -0.25) is 4.79 Å². The molecular weight excluding hydrogens is 668 g/mol. The normalized spacial score (nSPS) is 29.3. The van der Waals surface area contributed by atoms with Crippen LogP contribution < -0.4 is 0 Å². The summed E-state index contributed by atoms with van der Waals surface area (Å²) in [5.74, 6) is -9.44. The van der Waals surface area contributed by atoms with Crippen LogP contribution in [0, 0.1) is 17.8 Å². The fourth-order valence-electron chi connectivity index (χ4n) is 6.82. The number of carboxylic acids is 1. The number of aliphatic hydroxyl groups is 2. The van der Waals surface area contributed by atoms with Crippen molar-refractivity contribution in [3.63, 3.8) is 0 Å². The highest BCUT2D eigenvalue weighted by Gasteiger charge is 2.86. The van der Waals surface area contributed by atoms with E-state index in [1.54, 1.807) is 6.08 Å². The maximum Gasteiger partial charge on any atom is 0.346 e. The van der Waals surface area contributed by atoms with E-state index in [1.165, 1.54) is 6.92 Å². The van der Waals surface area contributed by atoms with Gasteiger partial charge in [0.15, 0.2) is 6.10 Å². The molecule has 0 radical (unpaired) electrons. The average molecular weight is 719 g/mol. The molecule has 10 atom stereocenters. The third-order valence-corrected chi connectivity index (χ3v) is 9.65. The van der Waals surface area contributed by atoms with Crippen molar-refractivity contribution in [1.29, 1.82) is 0 Å². The van der Waals surface area contributed by atoms with E-state index in [1.807, 2.05) is 58.0 Å². The van der Waals surface area contributed by atoms with Gasteiger partial charge in [0.05, 0.1) is 14.2 Å². The average Bonchev–Trinajstić information content (AvgIpc) is 3.31. The summed E-state index contributed by atoms with van der Waals surface area (Å²) >= 11 is 0. The predicted molar refractivity (Wildman–Crippen MR) is 180 cm³/mol. The Morgan fingerprint density at radius 3 is 2.25 bits per heavy atom. The molecule has 2 heterocycles. The van der Waals surface area contributed by atoms with Gasteiger partial charge in [-0.25, -0.2) is 19.2 Å². The van der Waals surface area contributed by atoms with Crippen molar-refractivity contribution in [2.75, 3.05) is 14.2 Å². The van der Waals surface area contributed by atoms with Gasteiger partial charge in [-0.2, -0.15) is 0 Å².